The van der Waals surface area contributed by atoms with Crippen molar-refractivity contribution in [3.05, 3.63) is 22.1 Å². The summed E-state index contributed by atoms with van der Waals surface area (Å²) in [6.07, 6.45) is 0.331. The number of H-pyrrole nitrogens is 1. The van der Waals surface area contributed by atoms with Crippen LogP contribution in [0, 0.1) is 5.41 Å². The molecule has 5 nitrogen and oxygen atoms in total. The molecule has 1 heterocycles. The van der Waals surface area contributed by atoms with Gasteiger partial charge >= 0.3 is 5.97 Å². The van der Waals surface area contributed by atoms with Crippen LogP contribution in [0.3, 0.4) is 0 Å². The number of carboxylic acids is 1. The van der Waals surface area contributed by atoms with E-state index in [1.807, 2.05) is 0 Å². The standard InChI is InChI=1S/C9H14N2O3/c1-9(2,8(13)14)5-6-4-7(12)10-11(6)3/h4H,5H2,1-3H3,(H,10,12)(H,13,14). The highest BCUT2D eigenvalue weighted by molar-refractivity contribution is 5.73. The number of hydrogen-bond acceptors (Lipinski definition) is 2. The number of rotatable bonds is 3. The maximum absolute atomic E-state index is 10.9. The Kier molecular flexibility index (Phi) is 2.51. The molecule has 0 aromatic carbocycles. The minimum atomic E-state index is -0.869. The molecule has 0 bridgehead atoms. The van der Waals surface area contributed by atoms with Crippen LogP contribution in [0.25, 0.3) is 0 Å². The minimum absolute atomic E-state index is 0.205. The summed E-state index contributed by atoms with van der Waals surface area (Å²) in [5, 5.41) is 11.4. The van der Waals surface area contributed by atoms with Gasteiger partial charge in [-0.2, -0.15) is 0 Å². The van der Waals surface area contributed by atoms with Crippen molar-refractivity contribution >= 4 is 5.97 Å². The van der Waals surface area contributed by atoms with E-state index in [1.54, 1.807) is 25.6 Å². The molecule has 5 heteroatoms. The molecule has 0 saturated heterocycles. The molecule has 1 aromatic rings. The van der Waals surface area contributed by atoms with Gasteiger partial charge in [0, 0.05) is 25.2 Å². The van der Waals surface area contributed by atoms with Crippen molar-refractivity contribution < 1.29 is 9.90 Å². The number of aromatic nitrogens is 2. The SMILES string of the molecule is Cn1[nH]c(=O)cc1CC(C)(C)C(=O)O. The summed E-state index contributed by atoms with van der Waals surface area (Å²) in [7, 11) is 1.69. The maximum atomic E-state index is 10.9. The Morgan fingerprint density at radius 3 is 2.57 bits per heavy atom. The zero-order chi connectivity index (χ0) is 10.9. The molecule has 0 aliphatic carbocycles. The number of nitrogens with zero attached hydrogens (tertiary/aromatic N) is 1. The fourth-order valence-electron chi connectivity index (χ4n) is 1.22. The van der Waals surface area contributed by atoms with Crippen LogP contribution in [-0.2, 0) is 18.3 Å². The third-order valence-corrected chi connectivity index (χ3v) is 2.21. The Labute approximate surface area is 81.3 Å². The second-order valence-electron chi connectivity index (χ2n) is 4.04. The lowest BCUT2D eigenvalue weighted by Crippen LogP contribution is -2.27. The second kappa shape index (κ2) is 3.32. The van der Waals surface area contributed by atoms with Gasteiger partial charge in [-0.1, -0.05) is 0 Å². The van der Waals surface area contributed by atoms with Crippen LogP contribution in [0.1, 0.15) is 19.5 Å². The Bertz CT molecular complexity index is 400. The van der Waals surface area contributed by atoms with Crippen molar-refractivity contribution in [1.29, 1.82) is 0 Å². The average molecular weight is 198 g/mol. The van der Waals surface area contributed by atoms with Crippen molar-refractivity contribution in [2.24, 2.45) is 12.5 Å². The van der Waals surface area contributed by atoms with E-state index in [1.165, 1.54) is 6.07 Å². The lowest BCUT2D eigenvalue weighted by Gasteiger charge is -2.18. The van der Waals surface area contributed by atoms with E-state index in [-0.39, 0.29) is 5.56 Å². The van der Waals surface area contributed by atoms with Gasteiger partial charge in [0.05, 0.1) is 5.41 Å². The van der Waals surface area contributed by atoms with Gasteiger partial charge in [0.2, 0.25) is 0 Å². The van der Waals surface area contributed by atoms with Crippen molar-refractivity contribution in [1.82, 2.24) is 9.78 Å². The fraction of sp³-hybridized carbons (Fsp3) is 0.556. The molecule has 0 saturated carbocycles. The highest BCUT2D eigenvalue weighted by Gasteiger charge is 2.28. The topological polar surface area (TPSA) is 75.1 Å². The summed E-state index contributed by atoms with van der Waals surface area (Å²) < 4.78 is 1.55. The van der Waals surface area contributed by atoms with Crippen LogP contribution < -0.4 is 5.56 Å². The third-order valence-electron chi connectivity index (χ3n) is 2.21. The van der Waals surface area contributed by atoms with Gasteiger partial charge in [0.1, 0.15) is 0 Å². The van der Waals surface area contributed by atoms with Crippen LogP contribution >= 0.6 is 0 Å². The first-order chi connectivity index (χ1) is 6.33. The van der Waals surface area contributed by atoms with Gasteiger partial charge in [-0.3, -0.25) is 19.4 Å². The number of aliphatic carboxylic acids is 1. The Morgan fingerprint density at radius 1 is 1.64 bits per heavy atom. The van der Waals surface area contributed by atoms with Crippen LogP contribution in [0.2, 0.25) is 0 Å². The number of aryl methyl sites for hydroxylation is 1. The van der Waals surface area contributed by atoms with Gasteiger partial charge in [-0.05, 0) is 13.8 Å². The van der Waals surface area contributed by atoms with E-state index in [2.05, 4.69) is 5.10 Å². The first kappa shape index (κ1) is 10.6. The quantitative estimate of drug-likeness (QED) is 0.736. The Balaban J connectivity index is 2.94. The molecule has 0 aliphatic heterocycles. The minimum Gasteiger partial charge on any atom is -0.481 e. The van der Waals surface area contributed by atoms with Gasteiger partial charge < -0.3 is 5.11 Å². The molecule has 0 amide bonds. The molecule has 14 heavy (non-hydrogen) atoms. The molecular formula is C9H14N2O3. The first-order valence-corrected chi connectivity index (χ1v) is 4.31. The molecule has 0 atom stereocenters. The summed E-state index contributed by atoms with van der Waals surface area (Å²) in [5.41, 5.74) is -0.363. The summed E-state index contributed by atoms with van der Waals surface area (Å²) in [4.78, 5) is 21.8. The van der Waals surface area contributed by atoms with Crippen molar-refractivity contribution in [3.63, 3.8) is 0 Å². The normalized spacial score (nSPS) is 11.6. The van der Waals surface area contributed by atoms with Crippen molar-refractivity contribution in [2.75, 3.05) is 0 Å². The third kappa shape index (κ3) is 2.04. The number of aromatic amines is 1. The fourth-order valence-corrected chi connectivity index (χ4v) is 1.22. The van der Waals surface area contributed by atoms with Crippen molar-refractivity contribution in [3.8, 4) is 0 Å². The maximum Gasteiger partial charge on any atom is 0.309 e. The average Bonchev–Trinajstić information content (AvgIpc) is 2.29. The summed E-state index contributed by atoms with van der Waals surface area (Å²) in [6.45, 7) is 3.26. The highest BCUT2D eigenvalue weighted by atomic mass is 16.4. The number of carboxylic acid groups (broad SMARTS) is 1. The van der Waals surface area contributed by atoms with E-state index in [9.17, 15) is 9.59 Å². The molecular weight excluding hydrogens is 184 g/mol. The molecule has 1 aromatic heterocycles. The number of hydrogen-bond donors (Lipinski definition) is 2. The van der Waals surface area contributed by atoms with E-state index >= 15 is 0 Å². The van der Waals surface area contributed by atoms with Gasteiger partial charge in [0.25, 0.3) is 5.56 Å². The van der Waals surface area contributed by atoms with Crippen LogP contribution in [0.5, 0.6) is 0 Å². The first-order valence-electron chi connectivity index (χ1n) is 4.31. The van der Waals surface area contributed by atoms with Crippen LogP contribution in [-0.4, -0.2) is 20.9 Å². The highest BCUT2D eigenvalue weighted by Crippen LogP contribution is 2.20. The molecule has 2 N–H and O–H groups in total. The van der Waals surface area contributed by atoms with Crippen LogP contribution in [0.15, 0.2) is 10.9 Å². The van der Waals surface area contributed by atoms with Crippen LogP contribution in [0.4, 0.5) is 0 Å². The summed E-state index contributed by atoms with van der Waals surface area (Å²) >= 11 is 0. The van der Waals surface area contributed by atoms with Gasteiger partial charge in [-0.15, -0.1) is 0 Å². The molecule has 0 spiro atoms. The zero-order valence-electron chi connectivity index (χ0n) is 8.50. The molecule has 0 aliphatic rings. The zero-order valence-corrected chi connectivity index (χ0v) is 8.50. The number of carbonyl (C=O) groups is 1. The molecule has 0 fully saturated rings. The summed E-state index contributed by atoms with van der Waals surface area (Å²) in [6, 6.07) is 1.42. The monoisotopic (exact) mass is 198 g/mol. The summed E-state index contributed by atoms with van der Waals surface area (Å²) in [5.74, 6) is -0.869. The Hall–Kier alpha value is -1.52. The predicted molar refractivity (Wildman–Crippen MR) is 51.2 cm³/mol. The van der Waals surface area contributed by atoms with Crippen molar-refractivity contribution in [2.45, 2.75) is 20.3 Å². The lowest BCUT2D eigenvalue weighted by atomic mass is 9.88. The lowest BCUT2D eigenvalue weighted by molar-refractivity contribution is -0.146. The molecule has 0 radical (unpaired) electrons. The molecule has 0 unspecified atom stereocenters. The van der Waals surface area contributed by atoms with E-state index in [0.29, 0.717) is 12.1 Å². The number of nitrogens with one attached hydrogen (secondary N) is 1. The smallest absolute Gasteiger partial charge is 0.309 e. The Morgan fingerprint density at radius 2 is 2.21 bits per heavy atom. The van der Waals surface area contributed by atoms with E-state index in [0.717, 1.165) is 0 Å². The molecule has 1 rings (SSSR count). The molecule has 78 valence electrons. The van der Waals surface area contributed by atoms with E-state index in [4.69, 9.17) is 5.11 Å². The predicted octanol–water partition coefficient (Wildman–Crippen LogP) is 0.367. The largest absolute Gasteiger partial charge is 0.481 e. The van der Waals surface area contributed by atoms with Gasteiger partial charge in [-0.25, -0.2) is 0 Å². The van der Waals surface area contributed by atoms with Gasteiger partial charge in [0.15, 0.2) is 0 Å². The second-order valence-corrected chi connectivity index (χ2v) is 4.04. The van der Waals surface area contributed by atoms with E-state index < -0.39 is 11.4 Å².